The molecule has 3 heterocycles. The Morgan fingerprint density at radius 3 is 2.25 bits per heavy atom. The maximum Gasteiger partial charge on any atom is 0.408 e. The predicted molar refractivity (Wildman–Crippen MR) is 196 cm³/mol. The standard InChI is InChI=1S/C39H50F4N4O5S/c1-3-9-26(35(48)44-29-10-6-7-22-46(37(29)50)31-11-4-5-12-32(31)52-2)17-18-27(24-25-15-19-28(40)20-16-25)36(49)45-30-21-23-53-34-14-8-13-33(39(41,42)43)47(34)38(30)51/h4-5,11-12,15-16,19-20,26-27,29-30,33-34H,3,6-10,13-14,17-18,21-24H2,1-2H3,(H,44,48)(H,45,49). The average Bonchev–Trinajstić information content (AvgIpc) is 3.42. The Morgan fingerprint density at radius 2 is 1.55 bits per heavy atom. The van der Waals surface area contributed by atoms with Crippen LogP contribution in [0.4, 0.5) is 23.2 Å². The number of amides is 4. The number of nitrogens with one attached hydrogen (secondary N) is 2. The van der Waals surface area contributed by atoms with E-state index in [0.717, 1.165) is 17.7 Å². The number of hydrogen-bond acceptors (Lipinski definition) is 6. The highest BCUT2D eigenvalue weighted by molar-refractivity contribution is 7.99. The number of ether oxygens (including phenoxy) is 1. The van der Waals surface area contributed by atoms with Crippen LogP contribution in [0.2, 0.25) is 0 Å². The SMILES string of the molecule is CCCC(CCC(Cc1ccc(F)cc1)C(=O)NC1CCSC2CCCC(C(F)(F)F)N2C1=O)C(=O)NC1CCCCN(c2ccccc2OC)C1=O. The van der Waals surface area contributed by atoms with Gasteiger partial charge in [0.1, 0.15) is 29.7 Å². The highest BCUT2D eigenvalue weighted by Gasteiger charge is 2.51. The van der Waals surface area contributed by atoms with Crippen LogP contribution < -0.4 is 20.3 Å². The van der Waals surface area contributed by atoms with Gasteiger partial charge in [0.25, 0.3) is 0 Å². The quantitative estimate of drug-likeness (QED) is 0.218. The van der Waals surface area contributed by atoms with Gasteiger partial charge < -0.3 is 25.2 Å². The fourth-order valence-electron chi connectivity index (χ4n) is 7.74. The zero-order chi connectivity index (χ0) is 38.1. The van der Waals surface area contributed by atoms with E-state index in [1.165, 1.54) is 23.9 Å². The summed E-state index contributed by atoms with van der Waals surface area (Å²) >= 11 is 1.31. The van der Waals surface area contributed by atoms with Crippen molar-refractivity contribution < 1.29 is 41.5 Å². The third kappa shape index (κ3) is 10.2. The molecule has 3 aliphatic rings. The molecule has 6 unspecified atom stereocenters. The molecule has 0 spiro atoms. The fourth-order valence-corrected chi connectivity index (χ4v) is 9.13. The monoisotopic (exact) mass is 762 g/mol. The van der Waals surface area contributed by atoms with Gasteiger partial charge in [-0.3, -0.25) is 19.2 Å². The van der Waals surface area contributed by atoms with Crippen LogP contribution in [0.25, 0.3) is 0 Å². The van der Waals surface area contributed by atoms with Crippen LogP contribution in [-0.4, -0.2) is 77.6 Å². The number of hydrogen-bond donors (Lipinski definition) is 2. The second-order valence-electron chi connectivity index (χ2n) is 14.2. The third-order valence-electron chi connectivity index (χ3n) is 10.6. The van der Waals surface area contributed by atoms with Gasteiger partial charge in [0.05, 0.1) is 18.2 Å². The van der Waals surface area contributed by atoms with Gasteiger partial charge in [0.2, 0.25) is 23.6 Å². The third-order valence-corrected chi connectivity index (χ3v) is 11.9. The van der Waals surface area contributed by atoms with Gasteiger partial charge in [0.15, 0.2) is 0 Å². The van der Waals surface area contributed by atoms with Crippen molar-refractivity contribution in [3.8, 4) is 5.75 Å². The number of thioether (sulfide) groups is 1. The molecule has 2 N–H and O–H groups in total. The van der Waals surface area contributed by atoms with Crippen molar-refractivity contribution in [2.75, 3.05) is 24.3 Å². The van der Waals surface area contributed by atoms with Crippen LogP contribution >= 0.6 is 11.8 Å². The first-order chi connectivity index (χ1) is 25.4. The number of anilines is 1. The molecule has 53 heavy (non-hydrogen) atoms. The van der Waals surface area contributed by atoms with Gasteiger partial charge in [-0.2, -0.15) is 13.2 Å². The first-order valence-corrected chi connectivity index (χ1v) is 19.8. The van der Waals surface area contributed by atoms with Gasteiger partial charge in [0, 0.05) is 18.4 Å². The van der Waals surface area contributed by atoms with Crippen molar-refractivity contribution in [3.05, 3.63) is 59.9 Å². The van der Waals surface area contributed by atoms with Crippen molar-refractivity contribution >= 4 is 41.1 Å². The Hall–Kier alpha value is -3.81. The Bertz CT molecular complexity index is 1580. The first-order valence-electron chi connectivity index (χ1n) is 18.7. The summed E-state index contributed by atoms with van der Waals surface area (Å²) in [6, 6.07) is 9.19. The number of fused-ring (bicyclic) bond motifs is 1. The molecule has 290 valence electrons. The summed E-state index contributed by atoms with van der Waals surface area (Å²) in [6.07, 6.45) is 0.0903. The molecule has 0 aliphatic carbocycles. The van der Waals surface area contributed by atoms with E-state index in [0.29, 0.717) is 61.4 Å². The van der Waals surface area contributed by atoms with Crippen LogP contribution in [0.3, 0.4) is 0 Å². The summed E-state index contributed by atoms with van der Waals surface area (Å²) in [5.74, 6) is -2.50. The average molecular weight is 763 g/mol. The highest BCUT2D eigenvalue weighted by Crippen LogP contribution is 2.40. The van der Waals surface area contributed by atoms with Crippen molar-refractivity contribution in [1.82, 2.24) is 15.5 Å². The number of methoxy groups -OCH3 is 1. The number of halogens is 4. The molecule has 2 aromatic carbocycles. The molecule has 3 saturated heterocycles. The van der Waals surface area contributed by atoms with E-state index in [4.69, 9.17) is 4.74 Å². The van der Waals surface area contributed by atoms with Crippen LogP contribution in [0.1, 0.15) is 83.1 Å². The number of piperidine rings is 1. The molecule has 9 nitrogen and oxygen atoms in total. The minimum atomic E-state index is -4.58. The van der Waals surface area contributed by atoms with Gasteiger partial charge in [-0.25, -0.2) is 4.39 Å². The predicted octanol–water partition coefficient (Wildman–Crippen LogP) is 6.78. The van der Waals surface area contributed by atoms with Crippen molar-refractivity contribution in [2.45, 2.75) is 114 Å². The smallest absolute Gasteiger partial charge is 0.408 e. The molecule has 5 rings (SSSR count). The molecular weight excluding hydrogens is 713 g/mol. The Labute approximate surface area is 312 Å². The van der Waals surface area contributed by atoms with Crippen LogP contribution in [0, 0.1) is 17.7 Å². The summed E-state index contributed by atoms with van der Waals surface area (Å²) < 4.78 is 61.4. The molecular formula is C39H50F4N4O5S. The molecule has 0 aromatic heterocycles. The van der Waals surface area contributed by atoms with E-state index in [1.54, 1.807) is 30.2 Å². The molecule has 0 saturated carbocycles. The topological polar surface area (TPSA) is 108 Å². The molecule has 6 atom stereocenters. The van der Waals surface area contributed by atoms with E-state index < -0.39 is 59.1 Å². The van der Waals surface area contributed by atoms with Gasteiger partial charge in [-0.15, -0.1) is 11.8 Å². The second kappa shape index (κ2) is 18.5. The summed E-state index contributed by atoms with van der Waals surface area (Å²) in [4.78, 5) is 57.9. The zero-order valence-electron chi connectivity index (χ0n) is 30.3. The van der Waals surface area contributed by atoms with Gasteiger partial charge >= 0.3 is 6.18 Å². The highest BCUT2D eigenvalue weighted by atomic mass is 32.2. The largest absolute Gasteiger partial charge is 0.495 e. The molecule has 2 aromatic rings. The van der Waals surface area contributed by atoms with E-state index in [9.17, 15) is 36.7 Å². The van der Waals surface area contributed by atoms with E-state index >= 15 is 0 Å². The Balaban J connectivity index is 1.30. The minimum Gasteiger partial charge on any atom is -0.495 e. The lowest BCUT2D eigenvalue weighted by atomic mass is 9.87. The minimum absolute atomic E-state index is 0.175. The summed E-state index contributed by atoms with van der Waals surface area (Å²) in [5.41, 5.74) is 1.30. The number of carbonyl (C=O) groups is 4. The lowest BCUT2D eigenvalue weighted by Gasteiger charge is -2.42. The first kappa shape index (κ1) is 40.4. The lowest BCUT2D eigenvalue weighted by molar-refractivity contribution is -0.198. The number of nitrogens with zero attached hydrogens (tertiary/aromatic N) is 2. The van der Waals surface area contributed by atoms with Crippen LogP contribution in [0.5, 0.6) is 5.75 Å². The molecule has 3 fully saturated rings. The maximum atomic E-state index is 14.1. The fraction of sp³-hybridized carbons (Fsp3) is 0.590. The summed E-state index contributed by atoms with van der Waals surface area (Å²) in [5, 5.41) is 5.19. The van der Waals surface area contributed by atoms with Crippen molar-refractivity contribution in [3.63, 3.8) is 0 Å². The number of para-hydroxylation sites is 2. The molecule has 0 radical (unpaired) electrons. The van der Waals surface area contributed by atoms with Crippen molar-refractivity contribution in [2.24, 2.45) is 11.8 Å². The Morgan fingerprint density at radius 1 is 0.868 bits per heavy atom. The van der Waals surface area contributed by atoms with Crippen molar-refractivity contribution in [1.29, 1.82) is 0 Å². The normalized spacial score (nSPS) is 23.7. The van der Waals surface area contributed by atoms with Gasteiger partial charge in [-0.05, 0) is 106 Å². The second-order valence-corrected chi connectivity index (χ2v) is 15.5. The van der Waals surface area contributed by atoms with E-state index in [2.05, 4.69) is 10.6 Å². The maximum absolute atomic E-state index is 14.1. The van der Waals surface area contributed by atoms with E-state index in [1.807, 2.05) is 25.1 Å². The summed E-state index contributed by atoms with van der Waals surface area (Å²) in [7, 11) is 1.54. The zero-order valence-corrected chi connectivity index (χ0v) is 31.2. The molecule has 14 heteroatoms. The van der Waals surface area contributed by atoms with E-state index in [-0.39, 0.29) is 43.9 Å². The lowest BCUT2D eigenvalue weighted by Crippen LogP contribution is -2.59. The summed E-state index contributed by atoms with van der Waals surface area (Å²) in [6.45, 7) is 2.43. The number of alkyl halides is 3. The molecule has 4 amide bonds. The van der Waals surface area contributed by atoms with Gasteiger partial charge in [-0.1, -0.05) is 37.6 Å². The molecule has 3 aliphatic heterocycles. The Kier molecular flexibility index (Phi) is 14.1. The van der Waals surface area contributed by atoms with Crippen LogP contribution in [0.15, 0.2) is 48.5 Å². The number of rotatable bonds is 13. The number of carbonyl (C=O) groups excluding carboxylic acids is 4. The molecule has 0 bridgehead atoms. The number of benzene rings is 2. The van der Waals surface area contributed by atoms with Crippen LogP contribution in [-0.2, 0) is 25.6 Å².